The highest BCUT2D eigenvalue weighted by atomic mass is 16.4. The lowest BCUT2D eigenvalue weighted by Crippen LogP contribution is -2.58. The molecule has 0 saturated heterocycles. The van der Waals surface area contributed by atoms with Crippen molar-refractivity contribution in [2.24, 2.45) is 11.5 Å². The molecule has 0 aliphatic carbocycles. The van der Waals surface area contributed by atoms with Crippen molar-refractivity contribution in [3.8, 4) is 0 Å². The zero-order valence-corrected chi connectivity index (χ0v) is 11.9. The SMILES string of the molecule is CC(C)(NC(=O)[C@@H](N)CCCCN)C(=O)NCC(=O)O. The van der Waals surface area contributed by atoms with Crippen molar-refractivity contribution in [3.05, 3.63) is 0 Å². The monoisotopic (exact) mass is 288 g/mol. The summed E-state index contributed by atoms with van der Waals surface area (Å²) in [7, 11) is 0. The van der Waals surface area contributed by atoms with E-state index in [1.807, 2.05) is 0 Å². The summed E-state index contributed by atoms with van der Waals surface area (Å²) in [5.74, 6) is -2.18. The highest BCUT2D eigenvalue weighted by molar-refractivity contribution is 5.93. The van der Waals surface area contributed by atoms with E-state index in [9.17, 15) is 14.4 Å². The molecule has 20 heavy (non-hydrogen) atoms. The van der Waals surface area contributed by atoms with Crippen molar-refractivity contribution in [1.29, 1.82) is 0 Å². The maximum Gasteiger partial charge on any atom is 0.322 e. The van der Waals surface area contributed by atoms with Gasteiger partial charge in [-0.3, -0.25) is 14.4 Å². The third-order valence-electron chi connectivity index (χ3n) is 2.71. The lowest BCUT2D eigenvalue weighted by molar-refractivity contribution is -0.139. The van der Waals surface area contributed by atoms with E-state index in [0.29, 0.717) is 13.0 Å². The number of hydrogen-bond donors (Lipinski definition) is 5. The zero-order valence-electron chi connectivity index (χ0n) is 11.9. The minimum atomic E-state index is -1.22. The molecule has 0 unspecified atom stereocenters. The van der Waals surface area contributed by atoms with E-state index in [-0.39, 0.29) is 0 Å². The predicted octanol–water partition coefficient (Wildman–Crippen LogP) is -1.46. The fourth-order valence-electron chi connectivity index (χ4n) is 1.47. The number of aliphatic carboxylic acids is 1. The van der Waals surface area contributed by atoms with Gasteiger partial charge in [-0.1, -0.05) is 6.42 Å². The van der Waals surface area contributed by atoms with Gasteiger partial charge >= 0.3 is 5.97 Å². The van der Waals surface area contributed by atoms with Crippen LogP contribution in [-0.4, -0.2) is 47.6 Å². The molecule has 116 valence electrons. The summed E-state index contributed by atoms with van der Waals surface area (Å²) in [6.07, 6.45) is 2.00. The summed E-state index contributed by atoms with van der Waals surface area (Å²) in [6.45, 7) is 3.00. The predicted molar refractivity (Wildman–Crippen MR) is 73.7 cm³/mol. The molecule has 0 aromatic heterocycles. The van der Waals surface area contributed by atoms with Gasteiger partial charge in [-0.15, -0.1) is 0 Å². The smallest absolute Gasteiger partial charge is 0.322 e. The van der Waals surface area contributed by atoms with Gasteiger partial charge < -0.3 is 27.2 Å². The Hall–Kier alpha value is -1.67. The Kier molecular flexibility index (Phi) is 7.78. The number of hydrogen-bond acceptors (Lipinski definition) is 5. The summed E-state index contributed by atoms with van der Waals surface area (Å²) < 4.78 is 0. The van der Waals surface area contributed by atoms with E-state index in [2.05, 4.69) is 10.6 Å². The number of carboxylic acids is 1. The molecule has 0 aromatic rings. The normalized spacial score (nSPS) is 12.6. The van der Waals surface area contributed by atoms with Gasteiger partial charge in [0, 0.05) is 0 Å². The molecule has 0 bridgehead atoms. The Morgan fingerprint density at radius 2 is 1.85 bits per heavy atom. The van der Waals surface area contributed by atoms with Crippen LogP contribution >= 0.6 is 0 Å². The molecule has 0 saturated carbocycles. The molecule has 0 fully saturated rings. The summed E-state index contributed by atoms with van der Waals surface area (Å²) in [5.41, 5.74) is 9.83. The van der Waals surface area contributed by atoms with Gasteiger partial charge in [0.05, 0.1) is 6.04 Å². The summed E-state index contributed by atoms with van der Waals surface area (Å²) in [6, 6.07) is -0.715. The van der Waals surface area contributed by atoms with Crippen LogP contribution in [0.15, 0.2) is 0 Å². The van der Waals surface area contributed by atoms with Crippen molar-refractivity contribution >= 4 is 17.8 Å². The second-order valence-electron chi connectivity index (χ2n) is 5.08. The molecule has 0 rings (SSSR count). The lowest BCUT2D eigenvalue weighted by atomic mass is 10.0. The number of carbonyl (C=O) groups excluding carboxylic acids is 2. The fraction of sp³-hybridized carbons (Fsp3) is 0.750. The van der Waals surface area contributed by atoms with Crippen LogP contribution in [0, 0.1) is 0 Å². The standard InChI is InChI=1S/C12H24N4O4/c1-12(2,11(20)15-7-9(17)18)16-10(19)8(14)5-3-4-6-13/h8H,3-7,13-14H2,1-2H3,(H,15,20)(H,16,19)(H,17,18)/t8-/m0/s1. The average molecular weight is 288 g/mol. The number of rotatable bonds is 9. The molecule has 8 nitrogen and oxygen atoms in total. The fourth-order valence-corrected chi connectivity index (χ4v) is 1.47. The lowest BCUT2D eigenvalue weighted by Gasteiger charge is -2.26. The van der Waals surface area contributed by atoms with Gasteiger partial charge in [0.1, 0.15) is 12.1 Å². The Morgan fingerprint density at radius 1 is 1.25 bits per heavy atom. The third kappa shape index (κ3) is 7.05. The molecule has 0 spiro atoms. The number of nitrogens with one attached hydrogen (secondary N) is 2. The van der Waals surface area contributed by atoms with E-state index in [0.717, 1.165) is 12.8 Å². The molecule has 1 atom stereocenters. The van der Waals surface area contributed by atoms with Crippen molar-refractivity contribution in [2.75, 3.05) is 13.1 Å². The molecular weight excluding hydrogens is 264 g/mol. The number of carboxylic acid groups (broad SMARTS) is 1. The number of unbranched alkanes of at least 4 members (excludes halogenated alkanes) is 1. The molecule has 0 aromatic carbocycles. The van der Waals surface area contributed by atoms with Crippen LogP contribution in [0.4, 0.5) is 0 Å². The Balaban J connectivity index is 4.32. The number of amides is 2. The maximum absolute atomic E-state index is 11.8. The topological polar surface area (TPSA) is 148 Å². The quantitative estimate of drug-likeness (QED) is 0.327. The Labute approximate surface area is 118 Å². The second kappa shape index (κ2) is 8.49. The first-order chi connectivity index (χ1) is 9.20. The zero-order chi connectivity index (χ0) is 15.8. The summed E-state index contributed by atoms with van der Waals surface area (Å²) in [5, 5.41) is 13.2. The van der Waals surface area contributed by atoms with Crippen molar-refractivity contribution in [2.45, 2.75) is 44.7 Å². The van der Waals surface area contributed by atoms with Crippen LogP contribution in [0.2, 0.25) is 0 Å². The van der Waals surface area contributed by atoms with Crippen LogP contribution in [0.5, 0.6) is 0 Å². The highest BCUT2D eigenvalue weighted by Gasteiger charge is 2.31. The van der Waals surface area contributed by atoms with Crippen LogP contribution in [0.1, 0.15) is 33.1 Å². The number of nitrogens with two attached hydrogens (primary N) is 2. The first-order valence-corrected chi connectivity index (χ1v) is 6.48. The van der Waals surface area contributed by atoms with Crippen LogP contribution in [-0.2, 0) is 14.4 Å². The summed E-state index contributed by atoms with van der Waals surface area (Å²) >= 11 is 0. The van der Waals surface area contributed by atoms with Gasteiger partial charge in [-0.25, -0.2) is 0 Å². The summed E-state index contributed by atoms with van der Waals surface area (Å²) in [4.78, 5) is 33.9. The minimum absolute atomic E-state index is 0.447. The van der Waals surface area contributed by atoms with E-state index in [1.54, 1.807) is 0 Å². The molecular formula is C12H24N4O4. The van der Waals surface area contributed by atoms with E-state index in [1.165, 1.54) is 13.8 Å². The molecule has 7 N–H and O–H groups in total. The van der Waals surface area contributed by atoms with Gasteiger partial charge in [0.25, 0.3) is 0 Å². The second-order valence-corrected chi connectivity index (χ2v) is 5.08. The Bertz CT molecular complexity index is 357. The minimum Gasteiger partial charge on any atom is -0.480 e. The Morgan fingerprint density at radius 3 is 2.35 bits per heavy atom. The highest BCUT2D eigenvalue weighted by Crippen LogP contribution is 2.05. The number of carbonyl (C=O) groups is 3. The molecule has 0 radical (unpaired) electrons. The van der Waals surface area contributed by atoms with Gasteiger partial charge in [0.2, 0.25) is 11.8 Å². The molecule has 0 heterocycles. The first-order valence-electron chi connectivity index (χ1n) is 6.48. The van der Waals surface area contributed by atoms with Gasteiger partial charge in [-0.2, -0.15) is 0 Å². The van der Waals surface area contributed by atoms with Crippen LogP contribution in [0.25, 0.3) is 0 Å². The maximum atomic E-state index is 11.8. The largest absolute Gasteiger partial charge is 0.480 e. The van der Waals surface area contributed by atoms with Gasteiger partial charge in [0.15, 0.2) is 0 Å². The molecule has 0 aliphatic heterocycles. The van der Waals surface area contributed by atoms with Crippen molar-refractivity contribution in [1.82, 2.24) is 10.6 Å². The first kappa shape index (κ1) is 18.3. The molecule has 0 aliphatic rings. The molecule has 8 heteroatoms. The average Bonchev–Trinajstić information content (AvgIpc) is 2.35. The third-order valence-corrected chi connectivity index (χ3v) is 2.71. The van der Waals surface area contributed by atoms with Crippen molar-refractivity contribution < 1.29 is 19.5 Å². The van der Waals surface area contributed by atoms with Crippen LogP contribution in [0.3, 0.4) is 0 Å². The molecule has 2 amide bonds. The van der Waals surface area contributed by atoms with E-state index < -0.39 is 35.9 Å². The van der Waals surface area contributed by atoms with E-state index in [4.69, 9.17) is 16.6 Å². The van der Waals surface area contributed by atoms with Gasteiger partial charge in [-0.05, 0) is 33.2 Å². The van der Waals surface area contributed by atoms with Crippen molar-refractivity contribution in [3.63, 3.8) is 0 Å². The van der Waals surface area contributed by atoms with Crippen LogP contribution < -0.4 is 22.1 Å². The van der Waals surface area contributed by atoms with E-state index >= 15 is 0 Å².